The van der Waals surface area contributed by atoms with Crippen LogP contribution in [0, 0.1) is 5.92 Å². The lowest BCUT2D eigenvalue weighted by Crippen LogP contribution is -2.09. The second kappa shape index (κ2) is 4.29. The van der Waals surface area contributed by atoms with Gasteiger partial charge in [-0.05, 0) is 18.1 Å². The normalized spacial score (nSPS) is 11.5. The van der Waals surface area contributed by atoms with Crippen LogP contribution in [-0.2, 0) is 0 Å². The minimum absolute atomic E-state index is 0.555. The minimum atomic E-state index is 0.555. The zero-order valence-electron chi connectivity index (χ0n) is 10.5. The van der Waals surface area contributed by atoms with E-state index in [0.29, 0.717) is 5.92 Å². The summed E-state index contributed by atoms with van der Waals surface area (Å²) in [7, 11) is 0. The van der Waals surface area contributed by atoms with Gasteiger partial charge < -0.3 is 9.73 Å². The second-order valence-electron chi connectivity index (χ2n) is 4.77. The van der Waals surface area contributed by atoms with E-state index >= 15 is 0 Å². The van der Waals surface area contributed by atoms with Gasteiger partial charge in [-0.25, -0.2) is 9.97 Å². The SMILES string of the molecule is CC(C)CNc1ncnc2c1oc1ccccc12. The molecule has 1 aromatic carbocycles. The Morgan fingerprint density at radius 1 is 1.22 bits per heavy atom. The second-order valence-corrected chi connectivity index (χ2v) is 4.77. The number of hydrogen-bond donors (Lipinski definition) is 1. The summed E-state index contributed by atoms with van der Waals surface area (Å²) in [6.45, 7) is 5.18. The van der Waals surface area contributed by atoms with E-state index in [4.69, 9.17) is 4.42 Å². The molecule has 0 aliphatic heterocycles. The molecule has 0 spiro atoms. The van der Waals surface area contributed by atoms with Gasteiger partial charge in [-0.2, -0.15) is 0 Å². The largest absolute Gasteiger partial charge is 0.450 e. The van der Waals surface area contributed by atoms with Gasteiger partial charge in [0.1, 0.15) is 17.4 Å². The maximum atomic E-state index is 5.83. The van der Waals surface area contributed by atoms with Gasteiger partial charge in [0.05, 0.1) is 0 Å². The fourth-order valence-corrected chi connectivity index (χ4v) is 1.95. The molecule has 1 N–H and O–H groups in total. The van der Waals surface area contributed by atoms with Gasteiger partial charge in [0.15, 0.2) is 11.4 Å². The number of rotatable bonds is 3. The molecule has 0 aliphatic rings. The fourth-order valence-electron chi connectivity index (χ4n) is 1.95. The average Bonchev–Trinajstić information content (AvgIpc) is 2.75. The van der Waals surface area contributed by atoms with Crippen molar-refractivity contribution in [3.05, 3.63) is 30.6 Å². The van der Waals surface area contributed by atoms with Gasteiger partial charge in [-0.1, -0.05) is 26.0 Å². The topological polar surface area (TPSA) is 51.0 Å². The smallest absolute Gasteiger partial charge is 0.196 e. The van der Waals surface area contributed by atoms with Crippen molar-refractivity contribution in [1.29, 1.82) is 0 Å². The van der Waals surface area contributed by atoms with E-state index in [1.165, 1.54) is 0 Å². The van der Waals surface area contributed by atoms with Crippen LogP contribution in [-0.4, -0.2) is 16.5 Å². The number of nitrogens with zero attached hydrogens (tertiary/aromatic N) is 2. The van der Waals surface area contributed by atoms with Crippen molar-refractivity contribution in [2.75, 3.05) is 11.9 Å². The molecule has 3 rings (SSSR count). The van der Waals surface area contributed by atoms with E-state index in [1.807, 2.05) is 24.3 Å². The van der Waals surface area contributed by atoms with E-state index in [9.17, 15) is 0 Å². The predicted octanol–water partition coefficient (Wildman–Crippen LogP) is 3.44. The number of furan rings is 1. The molecule has 0 saturated heterocycles. The van der Waals surface area contributed by atoms with Crippen LogP contribution in [0.3, 0.4) is 0 Å². The van der Waals surface area contributed by atoms with Crippen molar-refractivity contribution in [1.82, 2.24) is 9.97 Å². The molecule has 0 atom stereocenters. The van der Waals surface area contributed by atoms with Crippen LogP contribution in [0.25, 0.3) is 22.1 Å². The third-order valence-corrected chi connectivity index (χ3v) is 2.84. The van der Waals surface area contributed by atoms with E-state index in [1.54, 1.807) is 6.33 Å². The molecule has 92 valence electrons. The van der Waals surface area contributed by atoms with Crippen LogP contribution in [0.15, 0.2) is 35.0 Å². The van der Waals surface area contributed by atoms with Crippen LogP contribution in [0.2, 0.25) is 0 Å². The quantitative estimate of drug-likeness (QED) is 0.763. The summed E-state index contributed by atoms with van der Waals surface area (Å²) >= 11 is 0. The maximum Gasteiger partial charge on any atom is 0.196 e. The Kier molecular flexibility index (Phi) is 2.63. The molecule has 0 saturated carbocycles. The molecule has 0 aliphatic carbocycles. The van der Waals surface area contributed by atoms with Gasteiger partial charge in [0, 0.05) is 11.9 Å². The van der Waals surface area contributed by atoms with Gasteiger partial charge in [0.2, 0.25) is 0 Å². The molecule has 0 amide bonds. The van der Waals surface area contributed by atoms with Gasteiger partial charge >= 0.3 is 0 Å². The Balaban J connectivity index is 2.15. The number of fused-ring (bicyclic) bond motifs is 3. The van der Waals surface area contributed by atoms with Gasteiger partial charge in [0.25, 0.3) is 0 Å². The summed E-state index contributed by atoms with van der Waals surface area (Å²) in [5, 5.41) is 4.33. The van der Waals surface area contributed by atoms with Gasteiger partial charge in [-0.3, -0.25) is 0 Å². The lowest BCUT2D eigenvalue weighted by molar-refractivity contribution is 0.659. The molecule has 3 aromatic rings. The van der Waals surface area contributed by atoms with E-state index in [0.717, 1.165) is 34.4 Å². The molecule has 0 fully saturated rings. The predicted molar refractivity (Wildman–Crippen MR) is 72.6 cm³/mol. The molecule has 0 radical (unpaired) electrons. The van der Waals surface area contributed by atoms with Crippen LogP contribution < -0.4 is 5.32 Å². The average molecular weight is 241 g/mol. The fraction of sp³-hybridized carbons (Fsp3) is 0.286. The lowest BCUT2D eigenvalue weighted by Gasteiger charge is -2.07. The van der Waals surface area contributed by atoms with Crippen molar-refractivity contribution >= 4 is 27.9 Å². The minimum Gasteiger partial charge on any atom is -0.450 e. The summed E-state index contributed by atoms with van der Waals surface area (Å²) in [6, 6.07) is 7.91. The summed E-state index contributed by atoms with van der Waals surface area (Å²) in [5.74, 6) is 1.32. The molecule has 2 heterocycles. The van der Waals surface area contributed by atoms with Crippen LogP contribution in [0.4, 0.5) is 5.82 Å². The van der Waals surface area contributed by atoms with Crippen molar-refractivity contribution < 1.29 is 4.42 Å². The maximum absolute atomic E-state index is 5.83. The Bertz CT molecular complexity index is 688. The van der Waals surface area contributed by atoms with E-state index in [2.05, 4.69) is 29.1 Å². The van der Waals surface area contributed by atoms with Crippen LogP contribution in [0.5, 0.6) is 0 Å². The molecular weight excluding hydrogens is 226 g/mol. The Hall–Kier alpha value is -2.10. The molecule has 4 nitrogen and oxygen atoms in total. The summed E-state index contributed by atoms with van der Waals surface area (Å²) in [4.78, 5) is 8.57. The summed E-state index contributed by atoms with van der Waals surface area (Å²) < 4.78 is 5.83. The Morgan fingerprint density at radius 2 is 2.06 bits per heavy atom. The van der Waals surface area contributed by atoms with E-state index < -0.39 is 0 Å². The zero-order valence-corrected chi connectivity index (χ0v) is 10.5. The monoisotopic (exact) mass is 241 g/mol. The highest BCUT2D eigenvalue weighted by Gasteiger charge is 2.12. The summed E-state index contributed by atoms with van der Waals surface area (Å²) in [5.41, 5.74) is 2.45. The molecule has 2 aromatic heterocycles. The van der Waals surface area contributed by atoms with Crippen molar-refractivity contribution in [2.24, 2.45) is 5.92 Å². The Labute approximate surface area is 105 Å². The number of anilines is 1. The third-order valence-electron chi connectivity index (χ3n) is 2.84. The highest BCUT2D eigenvalue weighted by Crippen LogP contribution is 2.30. The first-order valence-corrected chi connectivity index (χ1v) is 6.12. The van der Waals surface area contributed by atoms with Crippen LogP contribution in [0.1, 0.15) is 13.8 Å². The van der Waals surface area contributed by atoms with Crippen molar-refractivity contribution in [3.8, 4) is 0 Å². The third kappa shape index (κ3) is 1.79. The lowest BCUT2D eigenvalue weighted by atomic mass is 10.2. The molecular formula is C14H15N3O. The first kappa shape index (κ1) is 11.0. The van der Waals surface area contributed by atoms with Gasteiger partial charge in [-0.15, -0.1) is 0 Å². The first-order chi connectivity index (χ1) is 8.75. The number of benzene rings is 1. The zero-order chi connectivity index (χ0) is 12.5. The van der Waals surface area contributed by atoms with Crippen LogP contribution >= 0.6 is 0 Å². The number of hydrogen-bond acceptors (Lipinski definition) is 4. The molecule has 0 bridgehead atoms. The first-order valence-electron chi connectivity index (χ1n) is 6.12. The number of para-hydroxylation sites is 1. The molecule has 18 heavy (non-hydrogen) atoms. The Morgan fingerprint density at radius 3 is 2.89 bits per heavy atom. The standard InChI is InChI=1S/C14H15N3O/c1-9(2)7-15-14-13-12(16-8-17-14)10-5-3-4-6-11(10)18-13/h3-6,8-9H,7H2,1-2H3,(H,15,16,17). The number of aromatic nitrogens is 2. The summed E-state index contributed by atoms with van der Waals surface area (Å²) in [6.07, 6.45) is 1.58. The highest BCUT2D eigenvalue weighted by molar-refractivity contribution is 6.05. The number of nitrogens with one attached hydrogen (secondary N) is 1. The van der Waals surface area contributed by atoms with Crippen molar-refractivity contribution in [2.45, 2.75) is 13.8 Å². The molecule has 4 heteroatoms. The highest BCUT2D eigenvalue weighted by atomic mass is 16.3. The van der Waals surface area contributed by atoms with E-state index in [-0.39, 0.29) is 0 Å². The van der Waals surface area contributed by atoms with Crippen molar-refractivity contribution in [3.63, 3.8) is 0 Å². The molecule has 0 unspecified atom stereocenters.